The van der Waals surface area contributed by atoms with Crippen LogP contribution in [0, 0.1) is 5.92 Å². The number of carbonyl (C=O) groups excluding carboxylic acids is 2. The van der Waals surface area contributed by atoms with Gasteiger partial charge in [0.1, 0.15) is 5.75 Å². The van der Waals surface area contributed by atoms with E-state index in [1.165, 1.54) is 25.0 Å². The number of nitrogens with zero attached hydrogens (tertiary/aromatic N) is 2. The van der Waals surface area contributed by atoms with Crippen LogP contribution in [-0.2, 0) is 9.59 Å². The number of hydrogen-bond acceptors (Lipinski definition) is 4. The molecular formula is C20H26F3N3O3. The Labute approximate surface area is 168 Å². The smallest absolute Gasteiger partial charge is 0.406 e. The van der Waals surface area contributed by atoms with Crippen molar-refractivity contribution in [3.05, 3.63) is 24.3 Å². The zero-order valence-electron chi connectivity index (χ0n) is 16.2. The van der Waals surface area contributed by atoms with Crippen molar-refractivity contribution < 1.29 is 27.5 Å². The molecule has 0 bridgehead atoms. The minimum atomic E-state index is -4.74. The first-order valence-electron chi connectivity index (χ1n) is 9.94. The Kier molecular flexibility index (Phi) is 7.00. The van der Waals surface area contributed by atoms with Gasteiger partial charge in [0.2, 0.25) is 11.8 Å². The summed E-state index contributed by atoms with van der Waals surface area (Å²) in [5, 5.41) is 2.66. The molecule has 160 valence electrons. The molecule has 1 aromatic rings. The molecule has 2 fully saturated rings. The molecule has 0 unspecified atom stereocenters. The summed E-state index contributed by atoms with van der Waals surface area (Å²) in [6, 6.07) is 5.02. The average Bonchev–Trinajstić information content (AvgIpc) is 3.15. The number of rotatable bonds is 6. The molecular weight excluding hydrogens is 387 g/mol. The molecule has 0 radical (unpaired) electrons. The van der Waals surface area contributed by atoms with E-state index in [2.05, 4.69) is 10.1 Å². The molecule has 1 aliphatic heterocycles. The van der Waals surface area contributed by atoms with Crippen molar-refractivity contribution in [1.29, 1.82) is 0 Å². The molecule has 2 aliphatic rings. The number of nitrogens with one attached hydrogen (secondary N) is 1. The summed E-state index contributed by atoms with van der Waals surface area (Å²) in [4.78, 5) is 28.4. The van der Waals surface area contributed by atoms with Gasteiger partial charge in [-0.1, -0.05) is 12.8 Å². The number of anilines is 1. The molecule has 0 aromatic heterocycles. The highest BCUT2D eigenvalue weighted by atomic mass is 19.4. The number of halogens is 3. The number of hydrogen-bond donors (Lipinski definition) is 1. The van der Waals surface area contributed by atoms with Crippen LogP contribution in [0.15, 0.2) is 24.3 Å². The number of benzene rings is 1. The second-order valence-corrected chi connectivity index (χ2v) is 7.63. The Morgan fingerprint density at radius 3 is 2.24 bits per heavy atom. The van der Waals surface area contributed by atoms with Gasteiger partial charge < -0.3 is 15.0 Å². The van der Waals surface area contributed by atoms with E-state index in [-0.39, 0.29) is 24.1 Å². The fourth-order valence-corrected chi connectivity index (χ4v) is 3.89. The van der Waals surface area contributed by atoms with Gasteiger partial charge in [0.05, 0.1) is 6.54 Å². The van der Waals surface area contributed by atoms with Gasteiger partial charge in [-0.15, -0.1) is 13.2 Å². The summed E-state index contributed by atoms with van der Waals surface area (Å²) in [7, 11) is 0. The molecule has 1 N–H and O–H groups in total. The van der Waals surface area contributed by atoms with Crippen molar-refractivity contribution in [3.8, 4) is 5.75 Å². The Bertz CT molecular complexity index is 695. The molecule has 1 aromatic carbocycles. The van der Waals surface area contributed by atoms with Crippen LogP contribution in [0.25, 0.3) is 0 Å². The van der Waals surface area contributed by atoms with Crippen LogP contribution in [0.3, 0.4) is 0 Å². The van der Waals surface area contributed by atoms with Crippen molar-refractivity contribution in [2.75, 3.05) is 38.0 Å². The van der Waals surface area contributed by atoms with Crippen molar-refractivity contribution >= 4 is 17.5 Å². The van der Waals surface area contributed by atoms with E-state index in [4.69, 9.17) is 0 Å². The first-order chi connectivity index (χ1) is 13.8. The maximum atomic E-state index is 12.4. The van der Waals surface area contributed by atoms with E-state index in [0.29, 0.717) is 44.2 Å². The van der Waals surface area contributed by atoms with Crippen LogP contribution in [-0.4, -0.2) is 60.7 Å². The van der Waals surface area contributed by atoms with Gasteiger partial charge in [-0.3, -0.25) is 14.5 Å². The van der Waals surface area contributed by atoms with E-state index in [1.807, 2.05) is 9.80 Å². The first kappa shape index (κ1) is 21.4. The monoisotopic (exact) mass is 413 g/mol. The molecule has 1 saturated carbocycles. The van der Waals surface area contributed by atoms with Gasteiger partial charge in [-0.25, -0.2) is 0 Å². The third kappa shape index (κ3) is 6.92. The summed E-state index contributed by atoms with van der Waals surface area (Å²) in [6.07, 6.45) is 0.627. The molecule has 6 nitrogen and oxygen atoms in total. The van der Waals surface area contributed by atoms with Crippen LogP contribution in [0.1, 0.15) is 32.1 Å². The zero-order chi connectivity index (χ0) is 20.9. The fraction of sp³-hybridized carbons (Fsp3) is 0.600. The molecule has 1 heterocycles. The van der Waals surface area contributed by atoms with Gasteiger partial charge in [0.15, 0.2) is 0 Å². The van der Waals surface area contributed by atoms with Gasteiger partial charge in [0.25, 0.3) is 0 Å². The first-order valence-corrected chi connectivity index (χ1v) is 9.94. The maximum Gasteiger partial charge on any atom is 0.573 e. The predicted molar refractivity (Wildman–Crippen MR) is 101 cm³/mol. The number of ether oxygens (including phenoxy) is 1. The van der Waals surface area contributed by atoms with Gasteiger partial charge in [-0.05, 0) is 43.0 Å². The molecule has 1 saturated heterocycles. The number of piperazine rings is 1. The lowest BCUT2D eigenvalue weighted by Crippen LogP contribution is -2.50. The number of amides is 2. The van der Waals surface area contributed by atoms with Crippen molar-refractivity contribution in [2.45, 2.75) is 38.5 Å². The highest BCUT2D eigenvalue weighted by Crippen LogP contribution is 2.28. The topological polar surface area (TPSA) is 61.9 Å². The van der Waals surface area contributed by atoms with Crippen LogP contribution >= 0.6 is 0 Å². The van der Waals surface area contributed by atoms with E-state index < -0.39 is 6.36 Å². The standard InChI is InChI=1S/C20H26F3N3O3/c21-20(22,23)29-17-7-5-16(6-8-17)24-18(27)14-25-9-11-26(12-10-25)19(28)13-15-3-1-2-4-15/h5-8,15H,1-4,9-14H2,(H,24,27). The molecule has 2 amide bonds. The third-order valence-electron chi connectivity index (χ3n) is 5.40. The van der Waals surface area contributed by atoms with Crippen LogP contribution < -0.4 is 10.1 Å². The molecule has 0 spiro atoms. The highest BCUT2D eigenvalue weighted by Gasteiger charge is 2.31. The van der Waals surface area contributed by atoms with Crippen molar-refractivity contribution in [1.82, 2.24) is 9.80 Å². The van der Waals surface area contributed by atoms with Gasteiger partial charge >= 0.3 is 6.36 Å². The number of carbonyl (C=O) groups is 2. The lowest BCUT2D eigenvalue weighted by atomic mass is 10.0. The van der Waals surface area contributed by atoms with Gasteiger partial charge in [-0.2, -0.15) is 0 Å². The summed E-state index contributed by atoms with van der Waals surface area (Å²) < 4.78 is 40.3. The number of alkyl halides is 3. The fourth-order valence-electron chi connectivity index (χ4n) is 3.89. The predicted octanol–water partition coefficient (Wildman–Crippen LogP) is 3.25. The summed E-state index contributed by atoms with van der Waals surface area (Å²) >= 11 is 0. The molecule has 3 rings (SSSR count). The molecule has 29 heavy (non-hydrogen) atoms. The Morgan fingerprint density at radius 1 is 1.03 bits per heavy atom. The minimum absolute atomic E-state index is 0.172. The Balaban J connectivity index is 1.38. The molecule has 0 atom stereocenters. The van der Waals surface area contributed by atoms with E-state index in [1.54, 1.807) is 0 Å². The quantitative estimate of drug-likeness (QED) is 0.778. The van der Waals surface area contributed by atoms with Crippen LogP contribution in [0.2, 0.25) is 0 Å². The second-order valence-electron chi connectivity index (χ2n) is 7.63. The summed E-state index contributed by atoms with van der Waals surface area (Å²) in [5.74, 6) is 0.149. The Morgan fingerprint density at radius 2 is 1.66 bits per heavy atom. The van der Waals surface area contributed by atoms with Gasteiger partial charge in [0, 0.05) is 38.3 Å². The van der Waals surface area contributed by atoms with Crippen LogP contribution in [0.5, 0.6) is 5.75 Å². The van der Waals surface area contributed by atoms with E-state index >= 15 is 0 Å². The maximum absolute atomic E-state index is 12.4. The summed E-state index contributed by atoms with van der Waals surface area (Å²) in [6.45, 7) is 2.65. The largest absolute Gasteiger partial charge is 0.573 e. The second kappa shape index (κ2) is 9.47. The summed E-state index contributed by atoms with van der Waals surface area (Å²) in [5.41, 5.74) is 0.398. The van der Waals surface area contributed by atoms with Crippen molar-refractivity contribution in [2.24, 2.45) is 5.92 Å². The SMILES string of the molecule is O=C(CN1CCN(C(=O)CC2CCCC2)CC1)Nc1ccc(OC(F)(F)F)cc1. The zero-order valence-corrected chi connectivity index (χ0v) is 16.2. The normalized spacial score (nSPS) is 18.7. The molecule has 9 heteroatoms. The van der Waals surface area contributed by atoms with Crippen molar-refractivity contribution in [3.63, 3.8) is 0 Å². The van der Waals surface area contributed by atoms with E-state index in [9.17, 15) is 22.8 Å². The minimum Gasteiger partial charge on any atom is -0.406 e. The van der Waals surface area contributed by atoms with Crippen LogP contribution in [0.4, 0.5) is 18.9 Å². The molecule has 1 aliphatic carbocycles. The third-order valence-corrected chi connectivity index (χ3v) is 5.40. The average molecular weight is 413 g/mol. The van der Waals surface area contributed by atoms with E-state index in [0.717, 1.165) is 25.0 Å². The lowest BCUT2D eigenvalue weighted by Gasteiger charge is -2.34. The highest BCUT2D eigenvalue weighted by molar-refractivity contribution is 5.92. The Hall–Kier alpha value is -2.29. The lowest BCUT2D eigenvalue weighted by molar-refractivity contribution is -0.274.